The first kappa shape index (κ1) is 11.0. The monoisotopic (exact) mass is 256 g/mol. The highest BCUT2D eigenvalue weighted by molar-refractivity contribution is 5.64. The van der Waals surface area contributed by atoms with Crippen molar-refractivity contribution in [3.63, 3.8) is 0 Å². The van der Waals surface area contributed by atoms with E-state index in [4.69, 9.17) is 0 Å². The number of H-pyrrole nitrogens is 1. The van der Waals surface area contributed by atoms with Gasteiger partial charge in [0.25, 0.3) is 0 Å². The highest BCUT2D eigenvalue weighted by Crippen LogP contribution is 2.28. The topological polar surface area (TPSA) is 115 Å². The van der Waals surface area contributed by atoms with Crippen molar-refractivity contribution < 1.29 is 4.92 Å². The summed E-state index contributed by atoms with van der Waals surface area (Å²) in [5.41, 5.74) is 0.516. The number of tetrazole rings is 1. The molecule has 0 aliphatic carbocycles. The fourth-order valence-electron chi connectivity index (χ4n) is 1.66. The molecule has 0 aliphatic rings. The van der Waals surface area contributed by atoms with Crippen molar-refractivity contribution in [1.29, 1.82) is 0 Å². The number of nitrogens with zero attached hydrogens (tertiary/aromatic N) is 6. The molecular formula is C10H6N7O2. The molecule has 19 heavy (non-hydrogen) atoms. The molecule has 0 fully saturated rings. The Morgan fingerprint density at radius 1 is 1.32 bits per heavy atom. The third-order valence-corrected chi connectivity index (χ3v) is 2.44. The minimum atomic E-state index is -0.579. The van der Waals surface area contributed by atoms with E-state index in [1.165, 1.54) is 4.68 Å². The zero-order chi connectivity index (χ0) is 13.2. The van der Waals surface area contributed by atoms with Gasteiger partial charge in [-0.1, -0.05) is 18.2 Å². The van der Waals surface area contributed by atoms with Crippen molar-refractivity contribution >= 4 is 5.69 Å². The number of benzene rings is 1. The number of rotatable bonds is 3. The van der Waals surface area contributed by atoms with Gasteiger partial charge in [0.05, 0.1) is 10.6 Å². The predicted octanol–water partition coefficient (Wildman–Crippen LogP) is 0.761. The normalized spacial score (nSPS) is 10.5. The molecule has 0 spiro atoms. The number of hydrogen-bond acceptors (Lipinski definition) is 6. The molecule has 2 heterocycles. The van der Waals surface area contributed by atoms with E-state index in [-0.39, 0.29) is 17.2 Å². The van der Waals surface area contributed by atoms with Crippen LogP contribution >= 0.6 is 0 Å². The first-order chi connectivity index (χ1) is 9.27. The van der Waals surface area contributed by atoms with E-state index < -0.39 is 4.92 Å². The van der Waals surface area contributed by atoms with Crippen LogP contribution in [-0.4, -0.2) is 35.3 Å². The summed E-state index contributed by atoms with van der Waals surface area (Å²) in [4.78, 5) is 10.4. The molecule has 93 valence electrons. The van der Waals surface area contributed by atoms with Crippen molar-refractivity contribution in [1.82, 2.24) is 30.4 Å². The van der Waals surface area contributed by atoms with Crippen LogP contribution in [0.1, 0.15) is 0 Å². The van der Waals surface area contributed by atoms with Crippen molar-refractivity contribution in [2.75, 3.05) is 0 Å². The number of aromatic amines is 1. The number of nitro groups is 1. The average Bonchev–Trinajstić information content (AvgIpc) is 3.08. The van der Waals surface area contributed by atoms with Gasteiger partial charge in [-0.05, 0) is 22.6 Å². The highest BCUT2D eigenvalue weighted by atomic mass is 16.6. The highest BCUT2D eigenvalue weighted by Gasteiger charge is 2.26. The van der Waals surface area contributed by atoms with Crippen LogP contribution in [-0.2, 0) is 0 Å². The second-order valence-corrected chi connectivity index (χ2v) is 3.56. The molecule has 0 atom stereocenters. The van der Waals surface area contributed by atoms with Crippen LogP contribution < -0.4 is 0 Å². The first-order valence-corrected chi connectivity index (χ1v) is 5.22. The van der Waals surface area contributed by atoms with Gasteiger partial charge in [0, 0.05) is 0 Å². The molecule has 1 aromatic carbocycles. The Balaban J connectivity index is 2.24. The summed E-state index contributed by atoms with van der Waals surface area (Å²) in [6.07, 6.45) is 2.36. The Morgan fingerprint density at radius 2 is 2.11 bits per heavy atom. The van der Waals surface area contributed by atoms with Crippen molar-refractivity contribution in [3.8, 4) is 17.2 Å². The van der Waals surface area contributed by atoms with E-state index >= 15 is 0 Å². The summed E-state index contributed by atoms with van der Waals surface area (Å²) in [5.74, 6) is 0.157. The Hall–Kier alpha value is -3.10. The quantitative estimate of drug-likeness (QED) is 0.546. The van der Waals surface area contributed by atoms with E-state index in [2.05, 4.69) is 31.9 Å². The van der Waals surface area contributed by atoms with Crippen LogP contribution in [0.15, 0.2) is 30.3 Å². The first-order valence-electron chi connectivity index (χ1n) is 5.22. The van der Waals surface area contributed by atoms with Gasteiger partial charge in [-0.2, -0.15) is 5.10 Å². The van der Waals surface area contributed by atoms with E-state index in [1.807, 2.05) is 6.07 Å². The zero-order valence-corrected chi connectivity index (χ0v) is 9.39. The lowest BCUT2D eigenvalue weighted by molar-refractivity contribution is -0.384. The van der Waals surface area contributed by atoms with E-state index in [9.17, 15) is 10.1 Å². The molecule has 3 aromatic rings. The Kier molecular flexibility index (Phi) is 2.49. The van der Waals surface area contributed by atoms with Crippen LogP contribution in [0.5, 0.6) is 0 Å². The molecule has 9 nitrogen and oxygen atoms in total. The SMILES string of the molecule is O=[N+]([O-])c1[c]nn(-c2ccccc2)c1-c1nnn[nH]1. The molecule has 0 saturated heterocycles. The van der Waals surface area contributed by atoms with Gasteiger partial charge >= 0.3 is 5.69 Å². The van der Waals surface area contributed by atoms with Crippen molar-refractivity contribution in [2.45, 2.75) is 0 Å². The van der Waals surface area contributed by atoms with Gasteiger partial charge in [-0.15, -0.1) is 5.10 Å². The number of aromatic nitrogens is 6. The largest absolute Gasteiger partial charge is 0.328 e. The molecule has 0 bridgehead atoms. The molecule has 9 heteroatoms. The van der Waals surface area contributed by atoms with Gasteiger partial charge in [-0.3, -0.25) is 10.1 Å². The fraction of sp³-hybridized carbons (Fsp3) is 0. The Morgan fingerprint density at radius 3 is 2.74 bits per heavy atom. The summed E-state index contributed by atoms with van der Waals surface area (Å²) in [6.45, 7) is 0. The fourth-order valence-corrected chi connectivity index (χ4v) is 1.66. The lowest BCUT2D eigenvalue weighted by atomic mass is 10.3. The predicted molar refractivity (Wildman–Crippen MR) is 62.2 cm³/mol. The van der Waals surface area contributed by atoms with E-state index in [0.717, 1.165) is 0 Å². The van der Waals surface area contributed by atoms with E-state index in [0.29, 0.717) is 5.69 Å². The summed E-state index contributed by atoms with van der Waals surface area (Å²) >= 11 is 0. The van der Waals surface area contributed by atoms with Gasteiger partial charge in [0.15, 0.2) is 11.9 Å². The molecule has 1 radical (unpaired) electrons. The molecule has 1 N–H and O–H groups in total. The maximum absolute atomic E-state index is 11.0. The third-order valence-electron chi connectivity index (χ3n) is 2.44. The number of nitrogens with one attached hydrogen (secondary N) is 1. The van der Waals surface area contributed by atoms with Gasteiger partial charge in [0.1, 0.15) is 0 Å². The molecule has 2 aromatic heterocycles. The molecule has 0 amide bonds. The van der Waals surface area contributed by atoms with Crippen LogP contribution in [0.25, 0.3) is 17.2 Å². The zero-order valence-electron chi connectivity index (χ0n) is 9.39. The second kappa shape index (κ2) is 4.29. The van der Waals surface area contributed by atoms with Crippen LogP contribution in [0.2, 0.25) is 0 Å². The summed E-state index contributed by atoms with van der Waals surface area (Å²) in [6, 6.07) is 8.95. The summed E-state index contributed by atoms with van der Waals surface area (Å²) in [7, 11) is 0. The lowest BCUT2D eigenvalue weighted by Crippen LogP contribution is -2.01. The average molecular weight is 256 g/mol. The van der Waals surface area contributed by atoms with Gasteiger partial charge in [-0.25, -0.2) is 9.78 Å². The molecule has 0 aliphatic heterocycles. The van der Waals surface area contributed by atoms with Crippen molar-refractivity contribution in [2.24, 2.45) is 0 Å². The minimum Gasteiger partial charge on any atom is -0.258 e. The molecule has 0 saturated carbocycles. The number of para-hydroxylation sites is 1. The summed E-state index contributed by atoms with van der Waals surface area (Å²) < 4.78 is 1.36. The van der Waals surface area contributed by atoms with Crippen LogP contribution in [0.4, 0.5) is 5.69 Å². The van der Waals surface area contributed by atoms with E-state index in [1.54, 1.807) is 24.3 Å². The Bertz CT molecular complexity index is 705. The van der Waals surface area contributed by atoms with Crippen LogP contribution in [0.3, 0.4) is 0 Å². The number of hydrogen-bond donors (Lipinski definition) is 1. The smallest absolute Gasteiger partial charge is 0.258 e. The second-order valence-electron chi connectivity index (χ2n) is 3.56. The van der Waals surface area contributed by atoms with Crippen LogP contribution in [0, 0.1) is 16.3 Å². The third kappa shape index (κ3) is 1.82. The molecular weight excluding hydrogens is 250 g/mol. The minimum absolute atomic E-state index is 0.154. The maximum atomic E-state index is 11.0. The van der Waals surface area contributed by atoms with Crippen molar-refractivity contribution in [3.05, 3.63) is 46.6 Å². The summed E-state index contributed by atoms with van der Waals surface area (Å²) in [5, 5.41) is 27.9. The Labute approximate surface area is 106 Å². The standard InChI is InChI=1S/C10H6N7O2/c18-17(19)8-6-11-16(7-4-2-1-3-5-7)9(8)10-12-14-15-13-10/h1-5H,(H,12,13,14,15). The molecule has 0 unspecified atom stereocenters. The molecule has 3 rings (SSSR count). The van der Waals surface area contributed by atoms with Gasteiger partial charge < -0.3 is 0 Å². The maximum Gasteiger partial charge on any atom is 0.328 e. The lowest BCUT2D eigenvalue weighted by Gasteiger charge is -2.03. The van der Waals surface area contributed by atoms with Gasteiger partial charge in [0.2, 0.25) is 5.82 Å².